The van der Waals surface area contributed by atoms with Crippen LogP contribution in [0, 0.1) is 10.8 Å². The lowest BCUT2D eigenvalue weighted by molar-refractivity contribution is -0.138. The molecule has 0 atom stereocenters. The predicted molar refractivity (Wildman–Crippen MR) is 234 cm³/mol. The summed E-state index contributed by atoms with van der Waals surface area (Å²) < 4.78 is 83.8. The Balaban J connectivity index is 1.47. The molecular weight excluding hydrogens is 899 g/mol. The van der Waals surface area contributed by atoms with E-state index in [2.05, 4.69) is 47.5 Å². The number of alkyl halides is 6. The number of aromatic nitrogens is 1. The summed E-state index contributed by atoms with van der Waals surface area (Å²) >= 11 is 1.89. The number of nitrogens with two attached hydrogens (primary N) is 3. The van der Waals surface area contributed by atoms with E-state index < -0.39 is 64.5 Å². The molecule has 1 aromatic heterocycles. The third-order valence-corrected chi connectivity index (χ3v) is 10.5. The number of nitrogens with one attached hydrogen (secondary N) is 10. The largest absolute Gasteiger partial charge is 0.504 e. The zero-order valence-corrected chi connectivity index (χ0v) is 35.1. The second-order valence-corrected chi connectivity index (χ2v) is 15.6. The first-order valence-corrected chi connectivity index (χ1v) is 20.8. The van der Waals surface area contributed by atoms with Crippen LogP contribution < -0.4 is 59.7 Å². The number of fused-ring (bicyclic) bond motifs is 1. The van der Waals surface area contributed by atoms with Crippen molar-refractivity contribution in [1.82, 2.24) is 15.6 Å². The lowest BCUT2D eigenvalue weighted by Crippen LogP contribution is -2.31. The van der Waals surface area contributed by atoms with Crippen LogP contribution in [0.1, 0.15) is 49.7 Å². The van der Waals surface area contributed by atoms with Crippen LogP contribution in [-0.2, 0) is 21.9 Å². The fourth-order valence-electron chi connectivity index (χ4n) is 5.57. The van der Waals surface area contributed by atoms with Crippen molar-refractivity contribution in [3.8, 4) is 5.75 Å². The maximum atomic E-state index is 14.0. The molecule has 0 spiro atoms. The van der Waals surface area contributed by atoms with Crippen LogP contribution in [0.5, 0.6) is 5.75 Å². The number of guanidine groups is 2. The van der Waals surface area contributed by atoms with Gasteiger partial charge in [-0.15, -0.1) is 11.8 Å². The summed E-state index contributed by atoms with van der Waals surface area (Å²) in [6.45, 7) is 0.703. The molecular formula is C37H44F6N14O5S2. The Hall–Kier alpha value is -6.74. The van der Waals surface area contributed by atoms with Gasteiger partial charge in [-0.3, -0.25) is 25.7 Å². The van der Waals surface area contributed by atoms with Crippen molar-refractivity contribution in [1.29, 1.82) is 10.8 Å². The molecule has 0 aliphatic carbocycles. The zero-order chi connectivity index (χ0) is 47.2. The second kappa shape index (κ2) is 22.6. The fourth-order valence-corrected chi connectivity index (χ4v) is 7.32. The number of thioether (sulfide) groups is 1. The molecule has 0 saturated heterocycles. The van der Waals surface area contributed by atoms with Crippen LogP contribution in [0.15, 0.2) is 47.4 Å². The minimum Gasteiger partial charge on any atom is -0.504 e. The van der Waals surface area contributed by atoms with E-state index in [0.717, 1.165) is 29.2 Å². The van der Waals surface area contributed by atoms with Gasteiger partial charge in [-0.25, -0.2) is 14.6 Å². The van der Waals surface area contributed by atoms with E-state index in [4.69, 9.17) is 28.0 Å². The highest BCUT2D eigenvalue weighted by molar-refractivity contribution is 7.99. The summed E-state index contributed by atoms with van der Waals surface area (Å²) in [4.78, 5) is 55.8. The van der Waals surface area contributed by atoms with E-state index in [1.54, 1.807) is 0 Å². The highest BCUT2D eigenvalue weighted by Gasteiger charge is 2.34. The summed E-state index contributed by atoms with van der Waals surface area (Å²) in [5, 5.41) is 44.2. The molecule has 0 bridgehead atoms. The van der Waals surface area contributed by atoms with Gasteiger partial charge < -0.3 is 59.5 Å². The van der Waals surface area contributed by atoms with Crippen molar-refractivity contribution >= 4 is 103 Å². The van der Waals surface area contributed by atoms with Crippen LogP contribution in [-0.4, -0.2) is 71.3 Å². The molecule has 4 rings (SSSR count). The molecule has 64 heavy (non-hydrogen) atoms. The molecule has 6 amide bonds. The van der Waals surface area contributed by atoms with E-state index in [9.17, 15) is 50.6 Å². The number of aromatic hydroxyl groups is 1. The smallest absolute Gasteiger partial charge is 0.416 e. The number of halogens is 6. The van der Waals surface area contributed by atoms with Crippen molar-refractivity contribution in [2.24, 2.45) is 17.2 Å². The normalized spacial score (nSPS) is 11.4. The molecule has 0 aliphatic rings. The van der Waals surface area contributed by atoms with E-state index in [-0.39, 0.29) is 77.1 Å². The van der Waals surface area contributed by atoms with Gasteiger partial charge in [0.1, 0.15) is 0 Å². The van der Waals surface area contributed by atoms with E-state index in [1.165, 1.54) is 18.2 Å². The molecule has 17 N–H and O–H groups in total. The zero-order valence-electron chi connectivity index (χ0n) is 33.5. The van der Waals surface area contributed by atoms with Crippen molar-refractivity contribution in [3.05, 3.63) is 53.6 Å². The Kier molecular flexibility index (Phi) is 17.6. The molecule has 0 fully saturated rings. The molecule has 19 nitrogen and oxygen atoms in total. The number of nitrogens with zero attached hydrogens (tertiary/aromatic N) is 1. The van der Waals surface area contributed by atoms with Gasteiger partial charge in [-0.05, 0) is 68.1 Å². The Morgan fingerprint density at radius 2 is 1.17 bits per heavy atom. The molecule has 27 heteroatoms. The summed E-state index contributed by atoms with van der Waals surface area (Å²) in [7, 11) is 0. The van der Waals surface area contributed by atoms with Gasteiger partial charge in [0.05, 0.1) is 49.0 Å². The molecule has 0 unspecified atom stereocenters. The van der Waals surface area contributed by atoms with E-state index in [1.807, 2.05) is 0 Å². The van der Waals surface area contributed by atoms with Crippen molar-refractivity contribution in [3.63, 3.8) is 0 Å². The number of anilines is 6. The number of unbranched alkanes of at least 4 members (excludes halogenated alkanes) is 2. The average molecular weight is 943 g/mol. The highest BCUT2D eigenvalue weighted by Crippen LogP contribution is 2.42. The first-order valence-electron chi connectivity index (χ1n) is 19.0. The third-order valence-electron chi connectivity index (χ3n) is 8.42. The number of rotatable bonds is 19. The number of thiazole rings is 1. The number of benzene rings is 3. The lowest BCUT2D eigenvalue weighted by Gasteiger charge is -2.19. The summed E-state index contributed by atoms with van der Waals surface area (Å²) in [5.41, 5.74) is 12.2. The number of carbonyl (C=O) groups excluding carboxylic acids is 4. The van der Waals surface area contributed by atoms with E-state index >= 15 is 0 Å². The van der Waals surface area contributed by atoms with Crippen molar-refractivity contribution < 1.29 is 50.6 Å². The molecule has 346 valence electrons. The van der Waals surface area contributed by atoms with Gasteiger partial charge in [0, 0.05) is 43.9 Å². The van der Waals surface area contributed by atoms with Crippen LogP contribution in [0.25, 0.3) is 10.2 Å². The number of urea groups is 2. The molecule has 0 saturated carbocycles. The van der Waals surface area contributed by atoms with Crippen LogP contribution >= 0.6 is 23.1 Å². The Morgan fingerprint density at radius 3 is 1.70 bits per heavy atom. The average Bonchev–Trinajstić information content (AvgIpc) is 3.58. The summed E-state index contributed by atoms with van der Waals surface area (Å²) in [6, 6.07) is 4.56. The van der Waals surface area contributed by atoms with Gasteiger partial charge in [0.15, 0.2) is 22.8 Å². The van der Waals surface area contributed by atoms with Gasteiger partial charge in [0.25, 0.3) is 0 Å². The Labute approximate surface area is 368 Å². The SMILES string of the molecule is N=C(N)NCCCCC(=O)Nc1cc(C(F)(F)F)cc(NC(=O)Nc2ccc3nc(NC(=O)Nc4cc(C(F)(F)F)cc(NC(=O)CCCCNC(=N)N)c4SCCN)sc3c2)c1O. The topological polar surface area (TPSA) is 323 Å². The lowest BCUT2D eigenvalue weighted by atomic mass is 10.1. The predicted octanol–water partition coefficient (Wildman–Crippen LogP) is 6.56. The summed E-state index contributed by atoms with van der Waals surface area (Å²) in [5.74, 6) is -2.49. The van der Waals surface area contributed by atoms with Crippen molar-refractivity contribution in [2.45, 2.75) is 55.8 Å². The quantitative estimate of drug-likeness (QED) is 0.0119. The summed E-state index contributed by atoms with van der Waals surface area (Å²) in [6.07, 6.45) is -8.55. The van der Waals surface area contributed by atoms with Crippen molar-refractivity contribution in [2.75, 3.05) is 57.3 Å². The first-order chi connectivity index (χ1) is 30.1. The maximum absolute atomic E-state index is 14.0. The number of phenolic OH excluding ortho intramolecular Hbond substituents is 1. The van der Waals surface area contributed by atoms with Crippen LogP contribution in [0.4, 0.5) is 69.5 Å². The minimum atomic E-state index is -4.94. The molecule has 1 heterocycles. The minimum absolute atomic E-state index is 0.0266. The Morgan fingerprint density at radius 1 is 0.688 bits per heavy atom. The van der Waals surface area contributed by atoms with Crippen LogP contribution in [0.3, 0.4) is 0 Å². The van der Waals surface area contributed by atoms with E-state index in [0.29, 0.717) is 54.2 Å². The number of carbonyl (C=O) groups is 4. The van der Waals surface area contributed by atoms with Gasteiger partial charge >= 0.3 is 24.4 Å². The van der Waals surface area contributed by atoms with Gasteiger partial charge in [-0.1, -0.05) is 11.3 Å². The molecule has 0 aliphatic heterocycles. The first kappa shape index (κ1) is 49.9. The fraction of sp³-hybridized carbons (Fsp3) is 0.324. The molecule has 3 aromatic carbocycles. The standard InChI is InChI=1S/C37H44F6N14O5S2/c38-36(39,40)18-13-22(52-27(58)5-1-3-10-49-31(45)46)29(60)23(14-18)54-33(61)51-20-7-8-21-26(17-20)64-35(56-21)57-34(62)55-25-16-19(37(41,42)43)15-24(30(25)63-12-9-44)53-28(59)6-2-4-11-50-32(47)48/h7-8,13-17,60H,1-6,9-12,44H2,(H,52,58)(H,53,59)(H4,45,46,49)(H4,47,48,50)(H2,51,54,61)(H2,55,56,57,62). The molecule has 0 radical (unpaired) electrons. The molecule has 4 aromatic rings. The number of hydrogen-bond donors (Lipinski definition) is 14. The second-order valence-electron chi connectivity index (χ2n) is 13.5. The number of phenols is 1. The van der Waals surface area contributed by atoms with Gasteiger partial charge in [0.2, 0.25) is 11.8 Å². The monoisotopic (exact) mass is 942 g/mol. The number of hydrogen-bond acceptors (Lipinski definition) is 11. The number of amides is 6. The van der Waals surface area contributed by atoms with Crippen LogP contribution in [0.2, 0.25) is 0 Å². The highest BCUT2D eigenvalue weighted by atomic mass is 32.2. The Bertz CT molecular complexity index is 2360. The maximum Gasteiger partial charge on any atom is 0.416 e. The van der Waals surface area contributed by atoms with Gasteiger partial charge in [-0.2, -0.15) is 26.3 Å². The third kappa shape index (κ3) is 15.6.